The molecule has 0 radical (unpaired) electrons. The van der Waals surface area contributed by atoms with Gasteiger partial charge in [0.05, 0.1) is 5.56 Å². The van der Waals surface area contributed by atoms with Crippen molar-refractivity contribution in [3.8, 4) is 0 Å². The number of hydrogen-bond donors (Lipinski definition) is 2. The summed E-state index contributed by atoms with van der Waals surface area (Å²) in [6, 6.07) is 1.13. The summed E-state index contributed by atoms with van der Waals surface area (Å²) in [6.45, 7) is 0. The average molecular weight is 168 g/mol. The summed E-state index contributed by atoms with van der Waals surface area (Å²) in [6.07, 6.45) is 0.754. The van der Waals surface area contributed by atoms with Gasteiger partial charge in [-0.2, -0.15) is 0 Å². The fourth-order valence-electron chi connectivity index (χ4n) is 0.792. The molecule has 1 heterocycles. The van der Waals surface area contributed by atoms with Crippen molar-refractivity contribution in [2.75, 3.05) is 0 Å². The van der Waals surface area contributed by atoms with Crippen LogP contribution in [-0.4, -0.2) is 29.7 Å². The maximum atomic E-state index is 10.3. The smallest absolute Gasteiger partial charge is 0.461 e. The lowest BCUT2D eigenvalue weighted by Gasteiger charge is -1.91. The third kappa shape index (κ3) is 1.44. The second kappa shape index (κ2) is 3.33. The van der Waals surface area contributed by atoms with E-state index in [9.17, 15) is 9.59 Å². The van der Waals surface area contributed by atoms with Crippen molar-refractivity contribution in [3.05, 3.63) is 17.4 Å². The number of aldehydes is 2. The van der Waals surface area contributed by atoms with Crippen molar-refractivity contribution < 1.29 is 24.1 Å². The Morgan fingerprint density at radius 2 is 2.00 bits per heavy atom. The molecule has 0 bridgehead atoms. The molecular weight excluding hydrogens is 163 g/mol. The highest BCUT2D eigenvalue weighted by atomic mass is 16.4. The lowest BCUT2D eigenvalue weighted by Crippen LogP contribution is -2.31. The van der Waals surface area contributed by atoms with Gasteiger partial charge >= 0.3 is 7.12 Å². The molecule has 0 unspecified atom stereocenters. The zero-order valence-corrected chi connectivity index (χ0v) is 5.93. The van der Waals surface area contributed by atoms with Gasteiger partial charge < -0.3 is 14.5 Å². The standard InChI is InChI=1S/C6H5BO5/c8-2-4-1-5(3-9)12-6(4)7(10)11/h1-3,10-11H. The highest BCUT2D eigenvalue weighted by Crippen LogP contribution is 2.00. The Kier molecular flexibility index (Phi) is 2.42. The summed E-state index contributed by atoms with van der Waals surface area (Å²) in [5.74, 6) is -0.111. The van der Waals surface area contributed by atoms with Crippen molar-refractivity contribution in [2.24, 2.45) is 0 Å². The monoisotopic (exact) mass is 168 g/mol. The Morgan fingerprint density at radius 3 is 2.33 bits per heavy atom. The molecule has 1 aromatic heterocycles. The molecule has 0 fully saturated rings. The molecule has 0 saturated carbocycles. The Hall–Kier alpha value is -1.40. The molecule has 0 aliphatic heterocycles. The van der Waals surface area contributed by atoms with E-state index in [4.69, 9.17) is 10.0 Å². The van der Waals surface area contributed by atoms with Crippen LogP contribution >= 0.6 is 0 Å². The fourth-order valence-corrected chi connectivity index (χ4v) is 0.792. The van der Waals surface area contributed by atoms with Gasteiger partial charge in [-0.05, 0) is 6.07 Å². The molecule has 0 aromatic carbocycles. The molecule has 5 nitrogen and oxygen atoms in total. The molecule has 0 saturated heterocycles. The van der Waals surface area contributed by atoms with Crippen LogP contribution in [0.3, 0.4) is 0 Å². The zero-order valence-electron chi connectivity index (χ0n) is 5.93. The molecular formula is C6H5BO5. The van der Waals surface area contributed by atoms with Gasteiger partial charge in [0.25, 0.3) is 0 Å². The highest BCUT2D eigenvalue weighted by molar-refractivity contribution is 6.58. The van der Waals surface area contributed by atoms with E-state index in [0.717, 1.165) is 6.07 Å². The third-order valence-corrected chi connectivity index (χ3v) is 1.29. The molecule has 6 heteroatoms. The van der Waals surface area contributed by atoms with Crippen LogP contribution in [0.15, 0.2) is 10.5 Å². The number of carbonyl (C=O) groups is 2. The van der Waals surface area contributed by atoms with E-state index in [0.29, 0.717) is 12.6 Å². The first-order valence-corrected chi connectivity index (χ1v) is 3.09. The Bertz CT molecular complexity index is 303. The lowest BCUT2D eigenvalue weighted by atomic mass is 9.85. The van der Waals surface area contributed by atoms with Gasteiger partial charge in [0.1, 0.15) is 5.66 Å². The molecule has 0 aliphatic rings. The molecule has 62 valence electrons. The van der Waals surface area contributed by atoms with Crippen molar-refractivity contribution >= 4 is 25.4 Å². The van der Waals surface area contributed by atoms with Gasteiger partial charge in [-0.1, -0.05) is 0 Å². The number of rotatable bonds is 3. The molecule has 2 N–H and O–H groups in total. The van der Waals surface area contributed by atoms with E-state index in [1.807, 2.05) is 0 Å². The summed E-state index contributed by atoms with van der Waals surface area (Å²) in [5, 5.41) is 17.3. The van der Waals surface area contributed by atoms with Crippen LogP contribution in [0.5, 0.6) is 0 Å². The number of hydrogen-bond acceptors (Lipinski definition) is 5. The highest BCUT2D eigenvalue weighted by Gasteiger charge is 2.21. The third-order valence-electron chi connectivity index (χ3n) is 1.29. The number of furan rings is 1. The van der Waals surface area contributed by atoms with E-state index < -0.39 is 7.12 Å². The van der Waals surface area contributed by atoms with Crippen molar-refractivity contribution in [3.63, 3.8) is 0 Å². The minimum Gasteiger partial charge on any atom is -0.461 e. The summed E-state index contributed by atoms with van der Waals surface area (Å²) in [7, 11) is -1.88. The van der Waals surface area contributed by atoms with Crippen LogP contribution < -0.4 is 5.66 Å². The van der Waals surface area contributed by atoms with Crippen LogP contribution in [-0.2, 0) is 0 Å². The van der Waals surface area contributed by atoms with Gasteiger partial charge in [-0.15, -0.1) is 0 Å². The summed E-state index contributed by atoms with van der Waals surface area (Å²) >= 11 is 0. The van der Waals surface area contributed by atoms with E-state index >= 15 is 0 Å². The minimum atomic E-state index is -1.88. The molecule has 0 aliphatic carbocycles. The van der Waals surface area contributed by atoms with E-state index in [-0.39, 0.29) is 17.0 Å². The van der Waals surface area contributed by atoms with Gasteiger partial charge in [0.2, 0.25) is 0 Å². The van der Waals surface area contributed by atoms with Gasteiger partial charge in [-0.3, -0.25) is 9.59 Å². The van der Waals surface area contributed by atoms with E-state index in [2.05, 4.69) is 4.42 Å². The summed E-state index contributed by atoms with van der Waals surface area (Å²) < 4.78 is 4.62. The summed E-state index contributed by atoms with van der Waals surface area (Å²) in [4.78, 5) is 20.4. The predicted octanol–water partition coefficient (Wildman–Crippen LogP) is -1.42. The summed E-state index contributed by atoms with van der Waals surface area (Å²) in [5.41, 5.74) is -0.348. The Balaban J connectivity index is 3.16. The van der Waals surface area contributed by atoms with Gasteiger partial charge in [0, 0.05) is 0 Å². The largest absolute Gasteiger partial charge is 0.527 e. The minimum absolute atomic E-state index is 0.0351. The SMILES string of the molecule is O=Cc1cc(C=O)c(B(O)O)o1. The van der Waals surface area contributed by atoms with E-state index in [1.165, 1.54) is 0 Å². The van der Waals surface area contributed by atoms with E-state index in [1.54, 1.807) is 0 Å². The topological polar surface area (TPSA) is 87.7 Å². The quantitative estimate of drug-likeness (QED) is 0.427. The normalized spacial score (nSPS) is 9.50. The molecule has 0 atom stereocenters. The van der Waals surface area contributed by atoms with Crippen LogP contribution in [0, 0.1) is 0 Å². The predicted molar refractivity (Wildman–Crippen MR) is 39.3 cm³/mol. The molecule has 0 spiro atoms. The van der Waals surface area contributed by atoms with Crippen LogP contribution in [0.1, 0.15) is 20.9 Å². The maximum absolute atomic E-state index is 10.3. The number of carbonyl (C=O) groups excluding carboxylic acids is 2. The molecule has 1 rings (SSSR count). The second-order valence-corrected chi connectivity index (χ2v) is 2.08. The fraction of sp³-hybridized carbons (Fsp3) is 0. The second-order valence-electron chi connectivity index (χ2n) is 2.08. The van der Waals surface area contributed by atoms with Gasteiger partial charge in [0.15, 0.2) is 18.3 Å². The molecule has 12 heavy (non-hydrogen) atoms. The maximum Gasteiger partial charge on any atom is 0.527 e. The van der Waals surface area contributed by atoms with Crippen LogP contribution in [0.4, 0.5) is 0 Å². The average Bonchev–Trinajstić information content (AvgIpc) is 2.47. The lowest BCUT2D eigenvalue weighted by molar-refractivity contribution is 0.109. The first kappa shape index (κ1) is 8.70. The Labute approximate surface area is 67.8 Å². The van der Waals surface area contributed by atoms with Gasteiger partial charge in [-0.25, -0.2) is 0 Å². The Morgan fingerprint density at radius 1 is 1.33 bits per heavy atom. The molecule has 0 amide bonds. The van der Waals surface area contributed by atoms with Crippen molar-refractivity contribution in [1.29, 1.82) is 0 Å². The van der Waals surface area contributed by atoms with Crippen LogP contribution in [0.2, 0.25) is 0 Å². The zero-order chi connectivity index (χ0) is 9.14. The first-order chi connectivity index (χ1) is 5.69. The van der Waals surface area contributed by atoms with Crippen LogP contribution in [0.25, 0.3) is 0 Å². The van der Waals surface area contributed by atoms with Crippen molar-refractivity contribution in [2.45, 2.75) is 0 Å². The van der Waals surface area contributed by atoms with Crippen molar-refractivity contribution in [1.82, 2.24) is 0 Å². The molecule has 1 aromatic rings. The first-order valence-electron chi connectivity index (χ1n) is 3.09.